The Hall–Kier alpha value is -6.43. The number of benzene rings is 2. The summed E-state index contributed by atoms with van der Waals surface area (Å²) >= 11 is 6.08. The van der Waals surface area contributed by atoms with Gasteiger partial charge in [0.15, 0.2) is 5.78 Å². The maximum Gasteiger partial charge on any atom is 0.265 e. The van der Waals surface area contributed by atoms with Gasteiger partial charge in [-0.2, -0.15) is 0 Å². The van der Waals surface area contributed by atoms with Crippen LogP contribution in [0.1, 0.15) is 15.9 Å². The predicted molar refractivity (Wildman–Crippen MR) is 239 cm³/mol. The van der Waals surface area contributed by atoms with E-state index >= 15 is 4.39 Å². The lowest BCUT2D eigenvalue weighted by Crippen LogP contribution is -2.38. The Morgan fingerprint density at radius 1 is 0.719 bits per heavy atom. The molecule has 14 nitrogen and oxygen atoms in total. The number of fused-ring (bicyclic) bond motifs is 2. The number of halogens is 3. The smallest absolute Gasteiger partial charge is 0.265 e. The molecule has 0 atom stereocenters. The molecule has 0 radical (unpaired) electrons. The third kappa shape index (κ3) is 11.4. The molecule has 64 heavy (non-hydrogen) atoms. The van der Waals surface area contributed by atoms with Gasteiger partial charge in [0.25, 0.3) is 5.56 Å². The molecule has 2 aliphatic rings. The van der Waals surface area contributed by atoms with Crippen LogP contribution >= 0.6 is 11.6 Å². The summed E-state index contributed by atoms with van der Waals surface area (Å²) in [7, 11) is 0. The first-order valence-corrected chi connectivity index (χ1v) is 21.2. The average molecular weight is 891 g/mol. The Morgan fingerprint density at radius 3 is 1.97 bits per heavy atom. The van der Waals surface area contributed by atoms with Crippen LogP contribution in [0.5, 0.6) is 11.8 Å². The molecule has 1 N–H and O–H groups in total. The van der Waals surface area contributed by atoms with Crippen molar-refractivity contribution in [3.8, 4) is 17.4 Å². The topological polar surface area (TPSA) is 146 Å². The molecule has 0 amide bonds. The van der Waals surface area contributed by atoms with Crippen molar-refractivity contribution in [2.24, 2.45) is 0 Å². The van der Waals surface area contributed by atoms with Crippen molar-refractivity contribution >= 4 is 50.6 Å². The lowest BCUT2D eigenvalue weighted by atomic mass is 10.0. The fraction of sp³-hybridized carbons (Fsp3) is 0.277. The van der Waals surface area contributed by atoms with Gasteiger partial charge in [0.1, 0.15) is 24.8 Å². The molecule has 0 aliphatic carbocycles. The number of Topliss-reactive ketones (excluding diaryl/α,β-unsaturated/α-hetero) is 1. The molecule has 0 unspecified atom stereocenters. The van der Waals surface area contributed by atoms with Gasteiger partial charge in [-0.1, -0.05) is 23.7 Å². The van der Waals surface area contributed by atoms with E-state index in [1.165, 1.54) is 53.2 Å². The minimum atomic E-state index is -0.599. The quantitative estimate of drug-likeness (QED) is 0.113. The number of ketones is 1. The second-order valence-corrected chi connectivity index (χ2v) is 15.4. The number of nitrogens with zero attached hydrogens (tertiary/aromatic N) is 7. The van der Waals surface area contributed by atoms with E-state index in [1.54, 1.807) is 55.1 Å². The summed E-state index contributed by atoms with van der Waals surface area (Å²) in [5.41, 5.74) is 2.44. The van der Waals surface area contributed by atoms with Gasteiger partial charge in [0.05, 0.1) is 65.1 Å². The monoisotopic (exact) mass is 890 g/mol. The van der Waals surface area contributed by atoms with Crippen LogP contribution in [0.4, 0.5) is 20.2 Å². The zero-order valence-corrected chi connectivity index (χ0v) is 35.6. The van der Waals surface area contributed by atoms with Crippen molar-refractivity contribution in [1.29, 1.82) is 0 Å². The van der Waals surface area contributed by atoms with Crippen LogP contribution < -0.4 is 20.3 Å². The summed E-state index contributed by atoms with van der Waals surface area (Å²) in [4.78, 5) is 48.0. The van der Waals surface area contributed by atoms with Crippen LogP contribution in [0, 0.1) is 11.6 Å². The SMILES string of the molecule is Clc1ccnc2cc(OCCN3CCOCC3)ncc12.O=C(Cc1ccc(F)cc1)c1cccn(-c2ccc(Nc3ccnc4cc(OCCN5CCOCC5)ncc34)c(F)c2)c1=O. The molecule has 2 aromatic carbocycles. The Bertz CT molecular complexity index is 2770. The molecule has 7 heterocycles. The number of hydrogen-bond donors (Lipinski definition) is 1. The molecule has 5 aromatic heterocycles. The Balaban J connectivity index is 0.000000233. The number of ether oxygens (including phenoxy) is 4. The Morgan fingerprint density at radius 2 is 1.33 bits per heavy atom. The lowest BCUT2D eigenvalue weighted by Gasteiger charge is -2.26. The maximum atomic E-state index is 15.4. The van der Waals surface area contributed by atoms with Gasteiger partial charge in [0, 0.05) is 106 Å². The van der Waals surface area contributed by atoms with Crippen molar-refractivity contribution in [2.45, 2.75) is 6.42 Å². The Kier molecular flexibility index (Phi) is 14.7. The van der Waals surface area contributed by atoms with E-state index in [2.05, 4.69) is 35.1 Å². The number of carbonyl (C=O) groups is 1. The summed E-state index contributed by atoms with van der Waals surface area (Å²) in [5, 5.41) is 5.27. The second kappa shape index (κ2) is 21.3. The highest BCUT2D eigenvalue weighted by atomic mass is 35.5. The number of anilines is 2. The number of rotatable bonds is 14. The van der Waals surface area contributed by atoms with Gasteiger partial charge in [-0.3, -0.25) is 33.9 Å². The van der Waals surface area contributed by atoms with Crippen LogP contribution in [-0.2, 0) is 15.9 Å². The third-order valence-electron chi connectivity index (χ3n) is 10.7. The summed E-state index contributed by atoms with van der Waals surface area (Å²) in [6, 6.07) is 19.9. The zero-order valence-electron chi connectivity index (χ0n) is 34.8. The summed E-state index contributed by atoms with van der Waals surface area (Å²) in [6.45, 7) is 9.50. The number of hydrogen-bond acceptors (Lipinski definition) is 13. The molecule has 2 fully saturated rings. The highest BCUT2D eigenvalue weighted by molar-refractivity contribution is 6.35. The summed E-state index contributed by atoms with van der Waals surface area (Å²) in [5.74, 6) is -0.390. The minimum absolute atomic E-state index is 0.0420. The van der Waals surface area contributed by atoms with E-state index in [-0.39, 0.29) is 23.4 Å². The molecule has 0 bridgehead atoms. The molecule has 2 aliphatic heterocycles. The second-order valence-electron chi connectivity index (χ2n) is 14.9. The van der Waals surface area contributed by atoms with Gasteiger partial charge in [-0.25, -0.2) is 18.7 Å². The molecule has 0 saturated carbocycles. The number of morpholine rings is 2. The number of carbonyl (C=O) groups excluding carboxylic acids is 1. The first kappa shape index (κ1) is 44.2. The summed E-state index contributed by atoms with van der Waals surface area (Å²) in [6.07, 6.45) is 8.05. The van der Waals surface area contributed by atoms with Crippen LogP contribution in [0.3, 0.4) is 0 Å². The summed E-state index contributed by atoms with van der Waals surface area (Å²) < 4.78 is 52.0. The molecule has 17 heteroatoms. The molecule has 330 valence electrons. The minimum Gasteiger partial charge on any atom is -0.476 e. The standard InChI is InChI=1S/C33H29F2N5O4.C14H16ClN3O2/c34-23-5-3-22(4-6-23)18-31(41)25-2-1-11-40(33(25)42)24-7-8-29(27(35)19-24)38-28-9-10-36-30-20-32(37-21-26(28)30)44-17-14-39-12-15-43-16-13-39;15-12-1-2-16-13-9-14(17-10-11(12)13)20-8-5-18-3-6-19-7-4-18/h1-11,19-21H,12-18H2,(H,36,38);1-2,9-10H,3-8H2. The molecular formula is C47H45ClF2N8O6. The molecule has 7 aromatic rings. The number of nitrogens with one attached hydrogen (secondary N) is 1. The normalized spacial score (nSPS) is 14.5. The van der Waals surface area contributed by atoms with Gasteiger partial charge in [0.2, 0.25) is 11.8 Å². The third-order valence-corrected chi connectivity index (χ3v) is 11.0. The lowest BCUT2D eigenvalue weighted by molar-refractivity contribution is 0.0319. The van der Waals surface area contributed by atoms with Crippen molar-refractivity contribution in [3.63, 3.8) is 0 Å². The van der Waals surface area contributed by atoms with E-state index < -0.39 is 23.0 Å². The van der Waals surface area contributed by atoms with Crippen molar-refractivity contribution in [1.82, 2.24) is 34.3 Å². The van der Waals surface area contributed by atoms with Crippen molar-refractivity contribution in [3.05, 3.63) is 148 Å². The first-order valence-electron chi connectivity index (χ1n) is 20.8. The van der Waals surface area contributed by atoms with Gasteiger partial charge in [-0.05, 0) is 54.1 Å². The number of pyridine rings is 5. The van der Waals surface area contributed by atoms with Crippen LogP contribution in [0.2, 0.25) is 5.02 Å². The van der Waals surface area contributed by atoms with Gasteiger partial charge in [-0.15, -0.1) is 0 Å². The number of aromatic nitrogens is 5. The van der Waals surface area contributed by atoms with E-state index in [9.17, 15) is 14.0 Å². The van der Waals surface area contributed by atoms with E-state index in [4.69, 9.17) is 30.5 Å². The Labute approximate surface area is 372 Å². The van der Waals surface area contributed by atoms with Crippen molar-refractivity contribution in [2.75, 3.05) is 84.2 Å². The van der Waals surface area contributed by atoms with E-state index in [0.29, 0.717) is 52.2 Å². The highest BCUT2D eigenvalue weighted by Gasteiger charge is 2.17. The maximum absolute atomic E-state index is 15.4. The van der Waals surface area contributed by atoms with Crippen LogP contribution in [0.25, 0.3) is 27.5 Å². The zero-order chi connectivity index (χ0) is 44.3. The van der Waals surface area contributed by atoms with Crippen LogP contribution in [-0.4, -0.2) is 119 Å². The van der Waals surface area contributed by atoms with E-state index in [1.807, 2.05) is 6.07 Å². The molecule has 9 rings (SSSR count). The predicted octanol–water partition coefficient (Wildman–Crippen LogP) is 6.93. The van der Waals surface area contributed by atoms with Crippen molar-refractivity contribution < 1.29 is 32.5 Å². The molecule has 0 spiro atoms. The van der Waals surface area contributed by atoms with Gasteiger partial charge < -0.3 is 24.3 Å². The fourth-order valence-corrected chi connectivity index (χ4v) is 7.38. The van der Waals surface area contributed by atoms with Crippen LogP contribution in [0.15, 0.2) is 115 Å². The van der Waals surface area contributed by atoms with Gasteiger partial charge >= 0.3 is 0 Å². The van der Waals surface area contributed by atoms with E-state index in [0.717, 1.165) is 76.6 Å². The highest BCUT2D eigenvalue weighted by Crippen LogP contribution is 2.29. The molecule has 2 saturated heterocycles. The first-order chi connectivity index (χ1) is 31.3. The fourth-order valence-electron chi connectivity index (χ4n) is 7.18. The molecular weight excluding hydrogens is 846 g/mol. The average Bonchev–Trinajstić information content (AvgIpc) is 3.31. The largest absolute Gasteiger partial charge is 0.476 e.